The van der Waals surface area contributed by atoms with Crippen molar-refractivity contribution in [3.63, 3.8) is 0 Å². The first-order valence-electron chi connectivity index (χ1n) is 2.50. The second-order valence-corrected chi connectivity index (χ2v) is 2.70. The average Bonchev–Trinajstić information content (AvgIpc) is 2.14. The molecule has 1 rings (SSSR count). The van der Waals surface area contributed by atoms with E-state index >= 15 is 0 Å². The van der Waals surface area contributed by atoms with Crippen LogP contribution in [0.25, 0.3) is 0 Å². The second-order valence-electron chi connectivity index (χ2n) is 1.69. The van der Waals surface area contributed by atoms with Crippen molar-refractivity contribution < 1.29 is 8.54 Å². The van der Waals surface area contributed by atoms with Gasteiger partial charge < -0.3 is 0 Å². The summed E-state index contributed by atoms with van der Waals surface area (Å²) in [5, 5.41) is 0. The predicted molar refractivity (Wildman–Crippen MR) is 25.4 cm³/mol. The molecule has 1 aliphatic rings. The molecule has 1 atom stereocenters. The minimum absolute atomic E-state index is 0.125. The molecule has 1 aliphatic heterocycles. The molecule has 7 heavy (non-hydrogen) atoms. The molecular formula is C4H7AlO2. The molecule has 1 heterocycles. The van der Waals surface area contributed by atoms with Crippen LogP contribution in [0.2, 0.25) is 0 Å². The first-order chi connectivity index (χ1) is 3.43. The van der Waals surface area contributed by atoms with Crippen LogP contribution in [0.3, 0.4) is 0 Å². The molecule has 0 aromatic heterocycles. The third kappa shape index (κ3) is 1.34. The van der Waals surface area contributed by atoms with Gasteiger partial charge in [-0.1, -0.05) is 0 Å². The van der Waals surface area contributed by atoms with Crippen molar-refractivity contribution in [2.45, 2.75) is 17.8 Å². The molecule has 3 heteroatoms. The van der Waals surface area contributed by atoms with E-state index in [0.29, 0.717) is 0 Å². The third-order valence-corrected chi connectivity index (χ3v) is 1.95. The van der Waals surface area contributed by atoms with Crippen molar-refractivity contribution >= 4 is 15.2 Å². The van der Waals surface area contributed by atoms with Gasteiger partial charge in [-0.25, -0.2) is 0 Å². The Labute approximate surface area is 48.8 Å². The number of rotatable bonds is 1. The van der Waals surface area contributed by atoms with E-state index in [9.17, 15) is 3.80 Å². The molecule has 0 saturated carbocycles. The summed E-state index contributed by atoms with van der Waals surface area (Å²) in [6.07, 6.45) is 2.11. The van der Waals surface area contributed by atoms with Crippen molar-refractivity contribution in [1.29, 1.82) is 0 Å². The van der Waals surface area contributed by atoms with E-state index in [4.69, 9.17) is 4.74 Å². The van der Waals surface area contributed by atoms with Crippen LogP contribution in [-0.4, -0.2) is 26.7 Å². The number of hydrogen-bond acceptors (Lipinski definition) is 2. The van der Waals surface area contributed by atoms with E-state index in [1.807, 2.05) is 0 Å². The van der Waals surface area contributed by atoms with Crippen LogP contribution in [-0.2, 0) is 8.54 Å². The molecule has 0 aromatic rings. The van der Waals surface area contributed by atoms with Crippen molar-refractivity contribution in [2.75, 3.05) is 6.61 Å². The Hall–Kier alpha value is 0.292. The Bertz CT molecular complexity index is 68.1. The summed E-state index contributed by atoms with van der Waals surface area (Å²) in [6, 6.07) is 0. The topological polar surface area (TPSA) is 26.3 Å². The summed E-state index contributed by atoms with van der Waals surface area (Å²) in [5.74, 6) is 0. The standard InChI is InChI=1S/C4H7O.Al.O/c1-2-4-5-3-1;;/h3H,1-2,4H2;;. The van der Waals surface area contributed by atoms with E-state index < -0.39 is 15.2 Å². The summed E-state index contributed by atoms with van der Waals surface area (Å²) in [7, 11) is 0. The molecule has 0 aliphatic carbocycles. The third-order valence-electron chi connectivity index (χ3n) is 1.12. The van der Waals surface area contributed by atoms with Gasteiger partial charge in [0.25, 0.3) is 0 Å². The zero-order valence-corrected chi connectivity index (χ0v) is 5.25. The molecule has 1 unspecified atom stereocenters. The van der Waals surface area contributed by atoms with Gasteiger partial charge >= 0.3 is 48.1 Å². The SMILES string of the molecule is [O]=[Al][CH]1CCCO1. The van der Waals surface area contributed by atoms with Crippen LogP contribution in [0.5, 0.6) is 0 Å². The van der Waals surface area contributed by atoms with Gasteiger partial charge in [0.15, 0.2) is 0 Å². The Morgan fingerprint density at radius 2 is 2.57 bits per heavy atom. The fraction of sp³-hybridized carbons (Fsp3) is 1.00. The molecule has 0 radical (unpaired) electrons. The van der Waals surface area contributed by atoms with Crippen LogP contribution >= 0.6 is 0 Å². The summed E-state index contributed by atoms with van der Waals surface area (Å²) in [5.41, 5.74) is 0. The van der Waals surface area contributed by atoms with Crippen LogP contribution in [0, 0.1) is 0 Å². The quantitative estimate of drug-likeness (QED) is 0.454. The van der Waals surface area contributed by atoms with Crippen molar-refractivity contribution in [3.8, 4) is 0 Å². The van der Waals surface area contributed by atoms with Crippen LogP contribution in [0.1, 0.15) is 12.8 Å². The Balaban J connectivity index is 2.26. The van der Waals surface area contributed by atoms with E-state index in [-0.39, 0.29) is 4.97 Å². The summed E-state index contributed by atoms with van der Waals surface area (Å²) >= 11 is -0.671. The van der Waals surface area contributed by atoms with E-state index in [1.54, 1.807) is 0 Å². The predicted octanol–water partition coefficient (Wildman–Crippen LogP) is 0.173. The Kier molecular flexibility index (Phi) is 1.99. The fourth-order valence-electron chi connectivity index (χ4n) is 0.710. The molecule has 0 amide bonds. The molecule has 2 nitrogen and oxygen atoms in total. The molecular weight excluding hydrogens is 107 g/mol. The van der Waals surface area contributed by atoms with Crippen LogP contribution in [0.4, 0.5) is 0 Å². The van der Waals surface area contributed by atoms with Crippen LogP contribution in [0.15, 0.2) is 0 Å². The van der Waals surface area contributed by atoms with E-state index in [2.05, 4.69) is 0 Å². The number of ether oxygens (including phenoxy) is 1. The molecule has 0 aromatic carbocycles. The van der Waals surface area contributed by atoms with Gasteiger partial charge in [-0.3, -0.25) is 0 Å². The normalized spacial score (nSPS) is 30.0. The summed E-state index contributed by atoms with van der Waals surface area (Å²) in [4.78, 5) is 0.125. The van der Waals surface area contributed by atoms with Gasteiger partial charge in [0.2, 0.25) is 0 Å². The Morgan fingerprint density at radius 3 is 2.86 bits per heavy atom. The second kappa shape index (κ2) is 2.56. The van der Waals surface area contributed by atoms with Gasteiger partial charge in [-0.2, -0.15) is 0 Å². The van der Waals surface area contributed by atoms with Gasteiger partial charge in [0.1, 0.15) is 0 Å². The van der Waals surface area contributed by atoms with Crippen LogP contribution < -0.4 is 0 Å². The molecule has 1 saturated heterocycles. The van der Waals surface area contributed by atoms with Gasteiger partial charge in [-0.05, 0) is 0 Å². The zero-order valence-electron chi connectivity index (χ0n) is 4.09. The zero-order chi connectivity index (χ0) is 5.11. The molecule has 38 valence electrons. The molecule has 0 spiro atoms. The minimum atomic E-state index is -0.671. The molecule has 1 fully saturated rings. The average molecular weight is 114 g/mol. The maximum absolute atomic E-state index is 10.1. The van der Waals surface area contributed by atoms with Gasteiger partial charge in [0, 0.05) is 0 Å². The Morgan fingerprint density at radius 1 is 1.71 bits per heavy atom. The van der Waals surface area contributed by atoms with Gasteiger partial charge in [-0.15, -0.1) is 0 Å². The first-order valence-corrected chi connectivity index (χ1v) is 3.64. The van der Waals surface area contributed by atoms with Gasteiger partial charge in [0.05, 0.1) is 0 Å². The summed E-state index contributed by atoms with van der Waals surface area (Å²) < 4.78 is 15.1. The number of hydrogen-bond donors (Lipinski definition) is 0. The fourth-order valence-corrected chi connectivity index (χ4v) is 1.30. The first kappa shape index (κ1) is 5.43. The summed E-state index contributed by atoms with van der Waals surface area (Å²) in [6.45, 7) is 0.819. The molecule has 0 bridgehead atoms. The maximum atomic E-state index is 10.1. The van der Waals surface area contributed by atoms with Crippen molar-refractivity contribution in [1.82, 2.24) is 0 Å². The molecule has 0 N–H and O–H groups in total. The van der Waals surface area contributed by atoms with Crippen molar-refractivity contribution in [3.05, 3.63) is 0 Å². The van der Waals surface area contributed by atoms with E-state index in [0.717, 1.165) is 19.4 Å². The monoisotopic (exact) mass is 114 g/mol. The van der Waals surface area contributed by atoms with Crippen molar-refractivity contribution in [2.24, 2.45) is 0 Å². The van der Waals surface area contributed by atoms with E-state index in [1.165, 1.54) is 0 Å².